The summed E-state index contributed by atoms with van der Waals surface area (Å²) < 4.78 is 1.36. The average molecular weight is 276 g/mol. The first-order valence-corrected chi connectivity index (χ1v) is 5.71. The number of hydrogen-bond donors (Lipinski definition) is 2. The maximum Gasteiger partial charge on any atom is 0.335 e. The molecule has 0 radical (unpaired) electrons. The van der Waals surface area contributed by atoms with Gasteiger partial charge in [0.25, 0.3) is 0 Å². The highest BCUT2D eigenvalue weighted by Gasteiger charge is 2.17. The van der Waals surface area contributed by atoms with E-state index in [4.69, 9.17) is 5.11 Å². The molecule has 0 aliphatic rings. The molecule has 0 unspecified atom stereocenters. The summed E-state index contributed by atoms with van der Waals surface area (Å²) in [6.07, 6.45) is 1.32. The highest BCUT2D eigenvalue weighted by molar-refractivity contribution is 5.87. The Morgan fingerprint density at radius 2 is 2.10 bits per heavy atom. The van der Waals surface area contributed by atoms with E-state index >= 15 is 0 Å². The first-order valence-electron chi connectivity index (χ1n) is 5.71. The third-order valence-corrected chi connectivity index (χ3v) is 2.67. The van der Waals surface area contributed by atoms with Gasteiger partial charge in [0.2, 0.25) is 5.82 Å². The van der Waals surface area contributed by atoms with Crippen molar-refractivity contribution >= 4 is 17.5 Å². The molecule has 20 heavy (non-hydrogen) atoms. The Labute approximate surface area is 113 Å². The predicted molar refractivity (Wildman–Crippen MR) is 70.6 cm³/mol. The van der Waals surface area contributed by atoms with Crippen molar-refractivity contribution < 1.29 is 14.8 Å². The zero-order chi connectivity index (χ0) is 14.7. The number of rotatable bonds is 5. The Kier molecular flexibility index (Phi) is 3.65. The van der Waals surface area contributed by atoms with Gasteiger partial charge in [-0.1, -0.05) is 12.1 Å². The van der Waals surface area contributed by atoms with Gasteiger partial charge < -0.3 is 10.4 Å². The second-order valence-electron chi connectivity index (χ2n) is 4.15. The number of carboxylic acid groups (broad SMARTS) is 1. The van der Waals surface area contributed by atoms with E-state index in [2.05, 4.69) is 10.4 Å². The van der Waals surface area contributed by atoms with Gasteiger partial charge >= 0.3 is 11.7 Å². The third kappa shape index (κ3) is 2.91. The second kappa shape index (κ2) is 5.39. The molecule has 1 heterocycles. The molecule has 104 valence electrons. The van der Waals surface area contributed by atoms with Crippen LogP contribution in [0.5, 0.6) is 0 Å². The molecule has 0 aliphatic carbocycles. The highest BCUT2D eigenvalue weighted by atomic mass is 16.6. The van der Waals surface area contributed by atoms with E-state index < -0.39 is 10.9 Å². The third-order valence-electron chi connectivity index (χ3n) is 2.67. The summed E-state index contributed by atoms with van der Waals surface area (Å²) in [5.41, 5.74) is 0.891. The number of hydrogen-bond acceptors (Lipinski definition) is 5. The van der Waals surface area contributed by atoms with Gasteiger partial charge in [-0.25, -0.2) is 4.79 Å². The lowest BCUT2D eigenvalue weighted by atomic mass is 10.1. The fourth-order valence-corrected chi connectivity index (χ4v) is 1.69. The molecule has 0 atom stereocenters. The number of carbonyl (C=O) groups is 1. The smallest absolute Gasteiger partial charge is 0.335 e. The first-order chi connectivity index (χ1) is 9.47. The van der Waals surface area contributed by atoms with E-state index in [0.29, 0.717) is 6.54 Å². The molecule has 0 saturated carbocycles. The largest absolute Gasteiger partial charge is 0.478 e. The summed E-state index contributed by atoms with van der Waals surface area (Å²) in [5.74, 6) is -0.815. The second-order valence-corrected chi connectivity index (χ2v) is 4.15. The quantitative estimate of drug-likeness (QED) is 0.634. The molecule has 0 amide bonds. The molecule has 2 N–H and O–H groups in total. The highest BCUT2D eigenvalue weighted by Crippen LogP contribution is 2.22. The Hall–Kier alpha value is -2.90. The number of aromatic nitrogens is 2. The molecule has 0 saturated heterocycles. The van der Waals surface area contributed by atoms with E-state index in [0.717, 1.165) is 5.56 Å². The van der Waals surface area contributed by atoms with E-state index in [-0.39, 0.29) is 17.1 Å². The summed E-state index contributed by atoms with van der Waals surface area (Å²) in [5, 5.41) is 26.4. The van der Waals surface area contributed by atoms with Crippen LogP contribution < -0.4 is 5.32 Å². The van der Waals surface area contributed by atoms with Crippen LogP contribution in [0.25, 0.3) is 0 Å². The normalized spacial score (nSPS) is 10.2. The van der Waals surface area contributed by atoms with Gasteiger partial charge in [0.15, 0.2) is 0 Å². The summed E-state index contributed by atoms with van der Waals surface area (Å²) in [6, 6.07) is 6.24. The van der Waals surface area contributed by atoms with Crippen molar-refractivity contribution in [3.8, 4) is 0 Å². The van der Waals surface area contributed by atoms with E-state index in [1.54, 1.807) is 19.2 Å². The van der Waals surface area contributed by atoms with Gasteiger partial charge in [-0.2, -0.15) is 0 Å². The molecule has 0 bridgehead atoms. The predicted octanol–water partition coefficient (Wildman–Crippen LogP) is 1.64. The van der Waals surface area contributed by atoms with Gasteiger partial charge in [-0.15, -0.1) is 5.10 Å². The lowest BCUT2D eigenvalue weighted by Gasteiger charge is -2.03. The minimum Gasteiger partial charge on any atom is -0.478 e. The number of benzene rings is 1. The number of carboxylic acids is 1. The molecule has 0 fully saturated rings. The minimum absolute atomic E-state index is 0.102. The van der Waals surface area contributed by atoms with Crippen molar-refractivity contribution in [3.63, 3.8) is 0 Å². The van der Waals surface area contributed by atoms with Gasteiger partial charge in [0, 0.05) is 13.6 Å². The number of aromatic carboxylic acids is 1. The lowest BCUT2D eigenvalue weighted by Crippen LogP contribution is -2.03. The van der Waals surface area contributed by atoms with Crippen LogP contribution in [0.3, 0.4) is 0 Å². The molecule has 0 spiro atoms. The molecule has 8 heteroatoms. The molecule has 2 rings (SSSR count). The van der Waals surface area contributed by atoms with Crippen molar-refractivity contribution in [2.45, 2.75) is 6.54 Å². The number of nitro groups is 1. The van der Waals surface area contributed by atoms with E-state index in [9.17, 15) is 14.9 Å². The topological polar surface area (TPSA) is 110 Å². The van der Waals surface area contributed by atoms with Crippen molar-refractivity contribution in [1.82, 2.24) is 9.78 Å². The van der Waals surface area contributed by atoms with Crippen molar-refractivity contribution in [1.29, 1.82) is 0 Å². The van der Waals surface area contributed by atoms with E-state index in [1.807, 2.05) is 0 Å². The lowest BCUT2D eigenvalue weighted by molar-refractivity contribution is -0.384. The van der Waals surface area contributed by atoms with Crippen LogP contribution in [0.1, 0.15) is 15.9 Å². The molecule has 1 aromatic heterocycles. The summed E-state index contributed by atoms with van der Waals surface area (Å²) in [6.45, 7) is 0.317. The Morgan fingerprint density at radius 1 is 1.45 bits per heavy atom. The van der Waals surface area contributed by atoms with Gasteiger partial charge in [0.05, 0.1) is 10.5 Å². The zero-order valence-electron chi connectivity index (χ0n) is 10.6. The molecule has 8 nitrogen and oxygen atoms in total. The Morgan fingerprint density at radius 3 is 2.65 bits per heavy atom. The Balaban J connectivity index is 2.09. The van der Waals surface area contributed by atoms with Gasteiger partial charge in [0.1, 0.15) is 6.20 Å². The van der Waals surface area contributed by atoms with Crippen LogP contribution in [0.2, 0.25) is 0 Å². The van der Waals surface area contributed by atoms with Crippen molar-refractivity contribution in [3.05, 3.63) is 51.7 Å². The number of aryl methyl sites for hydroxylation is 1. The van der Waals surface area contributed by atoms with Crippen LogP contribution >= 0.6 is 0 Å². The van der Waals surface area contributed by atoms with Crippen molar-refractivity contribution in [2.24, 2.45) is 7.05 Å². The van der Waals surface area contributed by atoms with Gasteiger partial charge in [-0.3, -0.25) is 14.8 Å². The maximum atomic E-state index is 10.8. The molecular formula is C12H12N4O4. The van der Waals surface area contributed by atoms with Crippen LogP contribution in [0.15, 0.2) is 30.5 Å². The zero-order valence-corrected chi connectivity index (χ0v) is 10.6. The SMILES string of the molecule is Cn1cc([N+](=O)[O-])c(NCc2ccc(C(=O)O)cc2)n1. The van der Waals surface area contributed by atoms with Crippen LogP contribution in [0.4, 0.5) is 11.5 Å². The summed E-state index contributed by atoms with van der Waals surface area (Å²) >= 11 is 0. The van der Waals surface area contributed by atoms with E-state index in [1.165, 1.54) is 23.0 Å². The fourth-order valence-electron chi connectivity index (χ4n) is 1.69. The molecular weight excluding hydrogens is 264 g/mol. The molecule has 0 aliphatic heterocycles. The minimum atomic E-state index is -0.995. The Bertz CT molecular complexity index is 648. The summed E-state index contributed by atoms with van der Waals surface area (Å²) in [4.78, 5) is 21.0. The standard InChI is InChI=1S/C12H12N4O4/c1-15-7-10(16(19)20)11(14-15)13-6-8-2-4-9(5-3-8)12(17)18/h2-5,7H,6H2,1H3,(H,13,14)(H,17,18). The van der Waals surface area contributed by atoms with Crippen LogP contribution in [-0.2, 0) is 13.6 Å². The van der Waals surface area contributed by atoms with Gasteiger partial charge in [-0.05, 0) is 17.7 Å². The number of nitrogens with one attached hydrogen (secondary N) is 1. The first kappa shape index (κ1) is 13.5. The number of nitrogens with zero attached hydrogens (tertiary/aromatic N) is 3. The van der Waals surface area contributed by atoms with Crippen LogP contribution in [-0.4, -0.2) is 25.8 Å². The fraction of sp³-hybridized carbons (Fsp3) is 0.167. The molecule has 1 aromatic carbocycles. The number of anilines is 1. The van der Waals surface area contributed by atoms with Crippen molar-refractivity contribution in [2.75, 3.05) is 5.32 Å². The monoisotopic (exact) mass is 276 g/mol. The average Bonchev–Trinajstić information content (AvgIpc) is 2.78. The molecule has 2 aromatic rings. The van der Waals surface area contributed by atoms with Crippen LogP contribution in [0, 0.1) is 10.1 Å². The maximum absolute atomic E-state index is 10.8. The summed E-state index contributed by atoms with van der Waals surface area (Å²) in [7, 11) is 1.60.